The van der Waals surface area contributed by atoms with Crippen molar-refractivity contribution in [1.82, 2.24) is 29.6 Å². The van der Waals surface area contributed by atoms with Gasteiger partial charge in [-0.1, -0.05) is 36.3 Å². The molecule has 6 rings (SSSR count). The molecule has 2 fully saturated rings. The van der Waals surface area contributed by atoms with E-state index in [0.717, 1.165) is 23.5 Å². The molecule has 2 unspecified atom stereocenters. The van der Waals surface area contributed by atoms with Crippen molar-refractivity contribution < 1.29 is 9.59 Å². The molecule has 184 valence electrons. The predicted octanol–water partition coefficient (Wildman–Crippen LogP) is 2.44. The van der Waals surface area contributed by atoms with Gasteiger partial charge in [0.25, 0.3) is 5.91 Å². The van der Waals surface area contributed by atoms with Crippen LogP contribution in [0.2, 0.25) is 0 Å². The van der Waals surface area contributed by atoms with Crippen molar-refractivity contribution in [1.29, 1.82) is 0 Å². The van der Waals surface area contributed by atoms with Crippen LogP contribution < -0.4 is 11.1 Å². The smallest absolute Gasteiger partial charge is 0.298 e. The number of aromatic nitrogens is 4. The monoisotopic (exact) mass is 491 g/mol. The van der Waals surface area contributed by atoms with Gasteiger partial charge < -0.3 is 16.0 Å². The number of benzene rings is 1. The molecule has 3 atom stereocenters. The van der Waals surface area contributed by atoms with Crippen LogP contribution >= 0.6 is 0 Å². The highest BCUT2D eigenvalue weighted by molar-refractivity contribution is 5.98. The number of ketones is 1. The fourth-order valence-electron chi connectivity index (χ4n) is 5.42. The number of imidazole rings is 1. The minimum absolute atomic E-state index is 0.00654. The molecule has 0 aliphatic carbocycles. The van der Waals surface area contributed by atoms with Crippen molar-refractivity contribution >= 4 is 23.0 Å². The number of nitrogens with two attached hydrogens (primary N) is 1. The molecule has 2 aliphatic rings. The van der Waals surface area contributed by atoms with Crippen LogP contribution in [0.15, 0.2) is 61.1 Å². The molecule has 3 N–H and O–H groups in total. The molecule has 2 aliphatic heterocycles. The van der Waals surface area contributed by atoms with E-state index in [4.69, 9.17) is 10.7 Å². The highest BCUT2D eigenvalue weighted by Gasteiger charge is 2.48. The van der Waals surface area contributed by atoms with Crippen LogP contribution in [-0.2, 0) is 11.2 Å². The van der Waals surface area contributed by atoms with Gasteiger partial charge in [0.05, 0.1) is 18.5 Å². The van der Waals surface area contributed by atoms with Crippen molar-refractivity contribution in [2.75, 3.05) is 12.3 Å². The third-order valence-corrected chi connectivity index (χ3v) is 7.07. The van der Waals surface area contributed by atoms with E-state index < -0.39 is 0 Å². The molecule has 9 nitrogen and oxygen atoms in total. The minimum atomic E-state index is -0.163. The number of carbonyl (C=O) groups excluding carboxylic acids is 2. The molecular weight excluding hydrogens is 466 g/mol. The van der Waals surface area contributed by atoms with E-state index in [9.17, 15) is 9.59 Å². The minimum Gasteiger partial charge on any atom is -0.382 e. The first kappa shape index (κ1) is 22.9. The first-order valence-corrected chi connectivity index (χ1v) is 12.2. The summed E-state index contributed by atoms with van der Waals surface area (Å²) in [4.78, 5) is 40.8. The molecule has 0 radical (unpaired) electrons. The Labute approximate surface area is 213 Å². The summed E-state index contributed by atoms with van der Waals surface area (Å²) in [5.41, 5.74) is 9.86. The van der Waals surface area contributed by atoms with Crippen molar-refractivity contribution in [2.45, 2.75) is 37.9 Å². The molecule has 37 heavy (non-hydrogen) atoms. The van der Waals surface area contributed by atoms with Crippen LogP contribution in [0.5, 0.6) is 0 Å². The third kappa shape index (κ3) is 4.01. The number of Topliss-reactive ketones (excluding diaryl/α,β-unsaturated/α-hetero) is 1. The summed E-state index contributed by atoms with van der Waals surface area (Å²) < 4.78 is 1.95. The Morgan fingerprint density at radius 1 is 1.14 bits per heavy atom. The number of carbonyl (C=O) groups is 2. The maximum absolute atomic E-state index is 12.8. The van der Waals surface area contributed by atoms with Crippen LogP contribution in [0, 0.1) is 11.8 Å². The zero-order valence-corrected chi connectivity index (χ0v) is 20.3. The number of fused-ring (bicyclic) bond motifs is 3. The van der Waals surface area contributed by atoms with Gasteiger partial charge in [0.1, 0.15) is 22.9 Å². The Hall–Kier alpha value is -4.55. The molecule has 4 aromatic rings. The average Bonchev–Trinajstić information content (AvgIpc) is 3.63. The Morgan fingerprint density at radius 3 is 2.70 bits per heavy atom. The van der Waals surface area contributed by atoms with Gasteiger partial charge in [0.2, 0.25) is 0 Å². The number of nitrogens with zero attached hydrogens (tertiary/aromatic N) is 5. The van der Waals surface area contributed by atoms with Crippen molar-refractivity contribution in [3.63, 3.8) is 0 Å². The number of anilines is 1. The SMILES string of the molecule is CC#CC(=O)N1CC2C[C@H]1C(c1nc(-c3ccc(C(=O)Cc4ccccn4)cc3)c3c(N)nccn13)N2. The number of likely N-dealkylation sites (tertiary alicyclic amines) is 1. The van der Waals surface area contributed by atoms with Crippen LogP contribution in [0.4, 0.5) is 5.82 Å². The molecule has 1 amide bonds. The lowest BCUT2D eigenvalue weighted by Gasteiger charge is -2.32. The number of hydrogen-bond donors (Lipinski definition) is 2. The zero-order valence-electron chi connectivity index (χ0n) is 20.3. The van der Waals surface area contributed by atoms with E-state index in [1.54, 1.807) is 31.5 Å². The second kappa shape index (κ2) is 9.15. The Kier molecular flexibility index (Phi) is 5.66. The number of nitrogens with one attached hydrogen (secondary N) is 1. The quantitative estimate of drug-likeness (QED) is 0.325. The van der Waals surface area contributed by atoms with Gasteiger partial charge in [-0.3, -0.25) is 19.0 Å². The van der Waals surface area contributed by atoms with Crippen LogP contribution in [-0.4, -0.2) is 54.6 Å². The molecule has 9 heteroatoms. The fraction of sp³-hybridized carbons (Fsp3) is 0.250. The summed E-state index contributed by atoms with van der Waals surface area (Å²) >= 11 is 0. The first-order chi connectivity index (χ1) is 18.0. The molecule has 1 aromatic carbocycles. The van der Waals surface area contributed by atoms with Gasteiger partial charge in [-0.15, -0.1) is 0 Å². The second-order valence-electron chi connectivity index (χ2n) is 9.32. The molecule has 3 aromatic heterocycles. The maximum Gasteiger partial charge on any atom is 0.298 e. The summed E-state index contributed by atoms with van der Waals surface area (Å²) in [6.45, 7) is 2.31. The van der Waals surface area contributed by atoms with Gasteiger partial charge >= 0.3 is 0 Å². The number of hydrogen-bond acceptors (Lipinski definition) is 7. The van der Waals surface area contributed by atoms with Gasteiger partial charge in [-0.25, -0.2) is 9.97 Å². The van der Waals surface area contributed by atoms with E-state index in [1.807, 2.05) is 45.8 Å². The number of amides is 1. The Bertz CT molecular complexity index is 1570. The van der Waals surface area contributed by atoms with Gasteiger partial charge in [-0.2, -0.15) is 0 Å². The Balaban J connectivity index is 1.34. The summed E-state index contributed by atoms with van der Waals surface area (Å²) in [7, 11) is 0. The topological polar surface area (TPSA) is 119 Å². The van der Waals surface area contributed by atoms with Crippen LogP contribution in [0.3, 0.4) is 0 Å². The molecular formula is C28H25N7O2. The highest BCUT2D eigenvalue weighted by atomic mass is 16.2. The largest absolute Gasteiger partial charge is 0.382 e. The fourth-order valence-corrected chi connectivity index (χ4v) is 5.42. The normalized spacial score (nSPS) is 20.1. The molecule has 0 spiro atoms. The standard InChI is InChI=1S/C28H25N7O2/c1-2-5-23(37)35-16-20-14-21(35)25(32-20)28-33-24(26-27(29)31-12-13-34(26)28)18-9-7-17(8-10-18)22(36)15-19-6-3-4-11-30-19/h3-4,6-13,20-21,25,32H,14-16H2,1H3,(H2,29,31)/t20?,21-,25?/m0/s1. The van der Waals surface area contributed by atoms with E-state index in [-0.39, 0.29) is 36.2 Å². The number of pyridine rings is 1. The molecule has 0 saturated carbocycles. The summed E-state index contributed by atoms with van der Waals surface area (Å²) in [5, 5.41) is 3.62. The zero-order chi connectivity index (χ0) is 25.5. The summed E-state index contributed by atoms with van der Waals surface area (Å²) in [6.07, 6.45) is 6.26. The van der Waals surface area contributed by atoms with Gasteiger partial charge in [-0.05, 0) is 31.4 Å². The molecule has 5 heterocycles. The lowest BCUT2D eigenvalue weighted by molar-refractivity contribution is -0.127. The van der Waals surface area contributed by atoms with E-state index in [0.29, 0.717) is 29.1 Å². The molecule has 2 bridgehead atoms. The second-order valence-corrected chi connectivity index (χ2v) is 9.32. The lowest BCUT2D eigenvalue weighted by atomic mass is 10.0. The predicted molar refractivity (Wildman–Crippen MR) is 138 cm³/mol. The maximum atomic E-state index is 12.8. The lowest BCUT2D eigenvalue weighted by Crippen LogP contribution is -2.48. The summed E-state index contributed by atoms with van der Waals surface area (Å²) in [6, 6.07) is 12.9. The summed E-state index contributed by atoms with van der Waals surface area (Å²) in [5.74, 6) is 6.35. The van der Waals surface area contributed by atoms with E-state index in [1.165, 1.54) is 0 Å². The van der Waals surface area contributed by atoms with Crippen LogP contribution in [0.1, 0.15) is 41.3 Å². The number of rotatable bonds is 5. The molecule has 2 saturated heterocycles. The van der Waals surface area contributed by atoms with E-state index >= 15 is 0 Å². The third-order valence-electron chi connectivity index (χ3n) is 7.07. The highest BCUT2D eigenvalue weighted by Crippen LogP contribution is 2.39. The van der Waals surface area contributed by atoms with Gasteiger partial charge in [0.15, 0.2) is 5.78 Å². The first-order valence-electron chi connectivity index (χ1n) is 12.2. The van der Waals surface area contributed by atoms with Crippen molar-refractivity contribution in [3.05, 3.63) is 78.1 Å². The number of nitrogen functional groups attached to an aromatic ring is 1. The average molecular weight is 492 g/mol. The van der Waals surface area contributed by atoms with Crippen molar-refractivity contribution in [2.24, 2.45) is 0 Å². The van der Waals surface area contributed by atoms with Gasteiger partial charge in [0, 0.05) is 48.0 Å². The van der Waals surface area contributed by atoms with E-state index in [2.05, 4.69) is 27.1 Å². The Morgan fingerprint density at radius 2 is 1.97 bits per heavy atom. The number of piperazine rings is 1. The van der Waals surface area contributed by atoms with Crippen molar-refractivity contribution in [3.8, 4) is 23.1 Å². The van der Waals surface area contributed by atoms with Crippen LogP contribution in [0.25, 0.3) is 16.8 Å².